The maximum Gasteiger partial charge on any atom is 0.160 e. The fourth-order valence-electron chi connectivity index (χ4n) is 2.31. The van der Waals surface area contributed by atoms with Crippen LogP contribution in [0.2, 0.25) is 0 Å². The first kappa shape index (κ1) is 12.4. The van der Waals surface area contributed by atoms with Crippen LogP contribution in [-0.2, 0) is 9.84 Å². The number of aryl methyl sites for hydroxylation is 2. The minimum Gasteiger partial charge on any atom is -0.354 e. The third-order valence-corrected chi connectivity index (χ3v) is 5.09. The average Bonchev–Trinajstić information content (AvgIpc) is 2.72. The van der Waals surface area contributed by atoms with E-state index < -0.39 is 9.84 Å². The van der Waals surface area contributed by atoms with Gasteiger partial charge in [-0.1, -0.05) is 0 Å². The summed E-state index contributed by atoms with van der Waals surface area (Å²) < 4.78 is 24.7. The Bertz CT molecular complexity index is 722. The summed E-state index contributed by atoms with van der Waals surface area (Å²) in [6.45, 7) is 4.97. The molecule has 2 aromatic heterocycles. The summed E-state index contributed by atoms with van der Waals surface area (Å²) in [5.74, 6) is 1.25. The number of nitrogens with zero attached hydrogens (tertiary/aromatic N) is 4. The van der Waals surface area contributed by atoms with E-state index >= 15 is 0 Å². The maximum absolute atomic E-state index is 11.5. The molecular weight excluding hydrogens is 264 g/mol. The first-order chi connectivity index (χ1) is 8.96. The Morgan fingerprint density at radius 1 is 1.21 bits per heavy atom. The highest BCUT2D eigenvalue weighted by atomic mass is 32.2. The number of rotatable bonds is 1. The molecule has 0 aliphatic carbocycles. The first-order valence-corrected chi connectivity index (χ1v) is 8.06. The highest BCUT2D eigenvalue weighted by Gasteiger charge is 2.23. The highest BCUT2D eigenvalue weighted by Crippen LogP contribution is 2.19. The van der Waals surface area contributed by atoms with Gasteiger partial charge in [0.2, 0.25) is 0 Å². The minimum absolute atomic E-state index is 0.206. The lowest BCUT2D eigenvalue weighted by Crippen LogP contribution is -2.40. The van der Waals surface area contributed by atoms with Crippen molar-refractivity contribution in [1.82, 2.24) is 14.6 Å². The Kier molecular flexibility index (Phi) is 2.74. The molecule has 7 heteroatoms. The molecular formula is C12H16N4O2S. The van der Waals surface area contributed by atoms with Gasteiger partial charge in [0, 0.05) is 30.4 Å². The number of sulfone groups is 1. The van der Waals surface area contributed by atoms with Gasteiger partial charge in [-0.15, -0.1) is 0 Å². The number of aromatic nitrogens is 3. The molecule has 2 aromatic rings. The van der Waals surface area contributed by atoms with E-state index in [9.17, 15) is 8.42 Å². The molecule has 0 amide bonds. The molecule has 1 aliphatic heterocycles. The van der Waals surface area contributed by atoms with E-state index in [0.29, 0.717) is 13.1 Å². The van der Waals surface area contributed by atoms with Crippen LogP contribution < -0.4 is 4.90 Å². The van der Waals surface area contributed by atoms with Crippen molar-refractivity contribution >= 4 is 21.3 Å². The van der Waals surface area contributed by atoms with Crippen LogP contribution in [0.4, 0.5) is 5.82 Å². The molecule has 3 rings (SSSR count). The van der Waals surface area contributed by atoms with Gasteiger partial charge in [-0.3, -0.25) is 0 Å². The zero-order chi connectivity index (χ0) is 13.6. The van der Waals surface area contributed by atoms with Crippen LogP contribution in [0.25, 0.3) is 5.65 Å². The van der Waals surface area contributed by atoms with Crippen molar-refractivity contribution in [2.75, 3.05) is 29.5 Å². The SMILES string of the molecule is Cc1cnn2c(C)cc(N3CCS(=O)(=O)CC3)nc12. The fourth-order valence-corrected chi connectivity index (χ4v) is 3.51. The summed E-state index contributed by atoms with van der Waals surface area (Å²) in [7, 11) is -2.86. The van der Waals surface area contributed by atoms with Crippen molar-refractivity contribution in [2.45, 2.75) is 13.8 Å². The van der Waals surface area contributed by atoms with E-state index in [4.69, 9.17) is 0 Å². The molecule has 3 heterocycles. The summed E-state index contributed by atoms with van der Waals surface area (Å²) in [6, 6.07) is 1.96. The lowest BCUT2D eigenvalue weighted by molar-refractivity contribution is 0.586. The molecule has 0 unspecified atom stereocenters. The molecule has 102 valence electrons. The van der Waals surface area contributed by atoms with Crippen molar-refractivity contribution < 1.29 is 8.42 Å². The van der Waals surface area contributed by atoms with Crippen LogP contribution in [0, 0.1) is 13.8 Å². The van der Waals surface area contributed by atoms with Gasteiger partial charge in [0.15, 0.2) is 15.5 Å². The molecule has 0 atom stereocenters. The number of hydrogen-bond acceptors (Lipinski definition) is 5. The van der Waals surface area contributed by atoms with Crippen LogP contribution in [0.1, 0.15) is 11.3 Å². The zero-order valence-electron chi connectivity index (χ0n) is 11.0. The molecule has 0 bridgehead atoms. The summed E-state index contributed by atoms with van der Waals surface area (Å²) in [6.07, 6.45) is 1.79. The van der Waals surface area contributed by atoms with Gasteiger partial charge in [-0.25, -0.2) is 17.9 Å². The molecule has 0 spiro atoms. The van der Waals surface area contributed by atoms with Gasteiger partial charge in [-0.2, -0.15) is 5.10 Å². The Labute approximate surface area is 112 Å². The Morgan fingerprint density at radius 2 is 1.89 bits per heavy atom. The Morgan fingerprint density at radius 3 is 2.58 bits per heavy atom. The number of fused-ring (bicyclic) bond motifs is 1. The minimum atomic E-state index is -2.86. The second-order valence-corrected chi connectivity index (χ2v) is 7.26. The van der Waals surface area contributed by atoms with Crippen LogP contribution in [0.5, 0.6) is 0 Å². The lowest BCUT2D eigenvalue weighted by Gasteiger charge is -2.28. The van der Waals surface area contributed by atoms with Gasteiger partial charge in [-0.05, 0) is 13.8 Å². The van der Waals surface area contributed by atoms with Gasteiger partial charge in [0.25, 0.3) is 0 Å². The van der Waals surface area contributed by atoms with E-state index in [2.05, 4.69) is 10.1 Å². The largest absolute Gasteiger partial charge is 0.354 e. The van der Waals surface area contributed by atoms with Crippen LogP contribution >= 0.6 is 0 Å². The van der Waals surface area contributed by atoms with E-state index in [1.807, 2.05) is 24.8 Å². The molecule has 0 radical (unpaired) electrons. The predicted molar refractivity (Wildman–Crippen MR) is 73.3 cm³/mol. The fraction of sp³-hybridized carbons (Fsp3) is 0.500. The highest BCUT2D eigenvalue weighted by molar-refractivity contribution is 7.91. The third-order valence-electron chi connectivity index (χ3n) is 3.48. The van der Waals surface area contributed by atoms with Crippen LogP contribution in [0.3, 0.4) is 0 Å². The van der Waals surface area contributed by atoms with Crippen molar-refractivity contribution in [1.29, 1.82) is 0 Å². The van der Waals surface area contributed by atoms with E-state index in [1.54, 1.807) is 10.7 Å². The summed E-state index contributed by atoms with van der Waals surface area (Å²) >= 11 is 0. The Balaban J connectivity index is 1.99. The summed E-state index contributed by atoms with van der Waals surface area (Å²) in [5, 5.41) is 4.27. The van der Waals surface area contributed by atoms with E-state index in [1.165, 1.54) is 0 Å². The van der Waals surface area contributed by atoms with Gasteiger partial charge >= 0.3 is 0 Å². The van der Waals surface area contributed by atoms with Gasteiger partial charge < -0.3 is 4.90 Å². The van der Waals surface area contributed by atoms with Gasteiger partial charge in [0.05, 0.1) is 17.7 Å². The molecule has 0 saturated carbocycles. The predicted octanol–water partition coefficient (Wildman–Crippen LogP) is 0.581. The monoisotopic (exact) mass is 280 g/mol. The molecule has 19 heavy (non-hydrogen) atoms. The van der Waals surface area contributed by atoms with Crippen LogP contribution in [0.15, 0.2) is 12.3 Å². The second kappa shape index (κ2) is 4.19. The lowest BCUT2D eigenvalue weighted by atomic mass is 10.3. The number of anilines is 1. The average molecular weight is 280 g/mol. The normalized spacial score (nSPS) is 18.9. The van der Waals surface area contributed by atoms with Crippen molar-refractivity contribution in [2.24, 2.45) is 0 Å². The van der Waals surface area contributed by atoms with Gasteiger partial charge in [0.1, 0.15) is 5.82 Å². The smallest absolute Gasteiger partial charge is 0.160 e. The third kappa shape index (κ3) is 2.18. The summed E-state index contributed by atoms with van der Waals surface area (Å²) in [5.41, 5.74) is 2.86. The van der Waals surface area contributed by atoms with Crippen molar-refractivity contribution in [3.8, 4) is 0 Å². The zero-order valence-corrected chi connectivity index (χ0v) is 11.8. The number of hydrogen-bond donors (Lipinski definition) is 0. The van der Waals surface area contributed by atoms with Crippen molar-refractivity contribution in [3.05, 3.63) is 23.5 Å². The molecule has 6 nitrogen and oxygen atoms in total. The topological polar surface area (TPSA) is 67.6 Å². The summed E-state index contributed by atoms with van der Waals surface area (Å²) in [4.78, 5) is 6.63. The standard InChI is InChI=1S/C12H16N4O2S/c1-9-8-13-16-10(2)7-11(14-12(9)16)15-3-5-19(17,18)6-4-15/h7-8H,3-6H2,1-2H3. The second-order valence-electron chi connectivity index (χ2n) is 4.96. The Hall–Kier alpha value is -1.63. The van der Waals surface area contributed by atoms with Crippen LogP contribution in [-0.4, -0.2) is 47.6 Å². The van der Waals surface area contributed by atoms with E-state index in [0.717, 1.165) is 22.7 Å². The van der Waals surface area contributed by atoms with Crippen molar-refractivity contribution in [3.63, 3.8) is 0 Å². The molecule has 1 aliphatic rings. The first-order valence-electron chi connectivity index (χ1n) is 6.24. The molecule has 1 fully saturated rings. The maximum atomic E-state index is 11.5. The quantitative estimate of drug-likeness (QED) is 0.764. The molecule has 0 N–H and O–H groups in total. The molecule has 1 saturated heterocycles. The van der Waals surface area contributed by atoms with E-state index in [-0.39, 0.29) is 11.5 Å². The molecule has 0 aromatic carbocycles.